The van der Waals surface area contributed by atoms with Gasteiger partial charge in [0, 0.05) is 28.3 Å². The Bertz CT molecular complexity index is 1730. The summed E-state index contributed by atoms with van der Waals surface area (Å²) in [5.41, 5.74) is 5.14. The van der Waals surface area contributed by atoms with Gasteiger partial charge in [-0.25, -0.2) is 9.59 Å². The number of esters is 2. The van der Waals surface area contributed by atoms with Gasteiger partial charge in [0.25, 0.3) is 0 Å². The highest BCUT2D eigenvalue weighted by Gasteiger charge is 2.09. The lowest BCUT2D eigenvalue weighted by molar-refractivity contribution is -0.139. The molecule has 0 amide bonds. The van der Waals surface area contributed by atoms with Gasteiger partial charge in [-0.3, -0.25) is 0 Å². The number of ether oxygens (including phenoxy) is 3. The van der Waals surface area contributed by atoms with Crippen molar-refractivity contribution < 1.29 is 28.2 Å². The Balaban J connectivity index is 1.30. The molecule has 5 nitrogen and oxygen atoms in total. The fraction of sp³-hybridized carbons (Fsp3) is 0.0811. The molecule has 4 aromatic carbocycles. The van der Waals surface area contributed by atoms with Crippen molar-refractivity contribution in [3.63, 3.8) is 0 Å². The molecule has 0 bridgehead atoms. The van der Waals surface area contributed by atoms with Crippen molar-refractivity contribution in [2.45, 2.75) is 19.6 Å². The third-order valence-corrected chi connectivity index (χ3v) is 6.04. The third kappa shape index (κ3) is 9.35. The van der Waals surface area contributed by atoms with E-state index in [-0.39, 0.29) is 18.5 Å². The molecule has 4 rings (SSSR count). The van der Waals surface area contributed by atoms with Crippen LogP contribution in [0.25, 0.3) is 0 Å². The van der Waals surface area contributed by atoms with Gasteiger partial charge in [-0.2, -0.15) is 4.39 Å². The third-order valence-electron chi connectivity index (χ3n) is 6.04. The van der Waals surface area contributed by atoms with E-state index in [0.29, 0.717) is 11.3 Å². The summed E-state index contributed by atoms with van der Waals surface area (Å²) in [4.78, 5) is 22.5. The molecule has 43 heavy (non-hydrogen) atoms. The van der Waals surface area contributed by atoms with Crippen molar-refractivity contribution in [1.82, 2.24) is 0 Å². The van der Waals surface area contributed by atoms with E-state index < -0.39 is 17.8 Å². The summed E-state index contributed by atoms with van der Waals surface area (Å²) < 4.78 is 28.7. The molecule has 0 saturated carbocycles. The zero-order valence-corrected chi connectivity index (χ0v) is 23.4. The van der Waals surface area contributed by atoms with Gasteiger partial charge >= 0.3 is 11.9 Å². The van der Waals surface area contributed by atoms with Crippen LogP contribution in [0.4, 0.5) is 4.39 Å². The van der Waals surface area contributed by atoms with Gasteiger partial charge in [0.15, 0.2) is 0 Å². The number of hydrogen-bond acceptors (Lipinski definition) is 5. The summed E-state index contributed by atoms with van der Waals surface area (Å²) in [6, 6.07) is 29.3. The Morgan fingerprint density at radius 3 is 1.65 bits per heavy atom. The highest BCUT2D eigenvalue weighted by Crippen LogP contribution is 2.23. The number of halogens is 1. The van der Waals surface area contributed by atoms with Crippen LogP contribution in [0.2, 0.25) is 0 Å². The minimum Gasteiger partial charge on any atom is -0.486 e. The van der Waals surface area contributed by atoms with Crippen LogP contribution in [0.15, 0.2) is 122 Å². The summed E-state index contributed by atoms with van der Waals surface area (Å²) in [7, 11) is 0. The van der Waals surface area contributed by atoms with Gasteiger partial charge in [0.05, 0.1) is 0 Å². The first-order valence-corrected chi connectivity index (χ1v) is 13.2. The maximum absolute atomic E-state index is 12.8. The molecule has 0 radical (unpaired) electrons. The van der Waals surface area contributed by atoms with Gasteiger partial charge < -0.3 is 14.2 Å². The second-order valence-corrected chi connectivity index (χ2v) is 9.23. The van der Waals surface area contributed by atoms with Gasteiger partial charge in [-0.05, 0) is 90.8 Å². The van der Waals surface area contributed by atoms with E-state index in [4.69, 9.17) is 14.2 Å². The molecule has 1 atom stereocenters. The Morgan fingerprint density at radius 1 is 0.744 bits per heavy atom. The lowest BCUT2D eigenvalue weighted by atomic mass is 10.1. The first kappa shape index (κ1) is 30.1. The highest BCUT2D eigenvalue weighted by molar-refractivity contribution is 5.87. The molecule has 0 spiro atoms. The van der Waals surface area contributed by atoms with Crippen molar-refractivity contribution in [1.29, 1.82) is 0 Å². The van der Waals surface area contributed by atoms with Gasteiger partial charge in [0.2, 0.25) is 5.83 Å². The van der Waals surface area contributed by atoms with E-state index in [1.165, 1.54) is 12.1 Å². The molecule has 0 aliphatic carbocycles. The quantitative estimate of drug-likeness (QED) is 0.0967. The molecule has 212 valence electrons. The topological polar surface area (TPSA) is 61.8 Å². The van der Waals surface area contributed by atoms with E-state index in [1.54, 1.807) is 12.1 Å². The number of rotatable bonds is 8. The molecule has 0 aromatic heterocycles. The molecule has 0 N–H and O–H groups in total. The summed E-state index contributed by atoms with van der Waals surface area (Å²) in [5, 5.41) is 0. The molecule has 1 unspecified atom stereocenters. The number of carbonyl (C=O) groups is 2. The van der Waals surface area contributed by atoms with Crippen LogP contribution in [0.3, 0.4) is 0 Å². The molecule has 0 heterocycles. The zero-order valence-electron chi connectivity index (χ0n) is 23.4. The molecule has 0 aliphatic rings. The highest BCUT2D eigenvalue weighted by atomic mass is 19.1. The Labute approximate surface area is 250 Å². The number of carbonyl (C=O) groups excluding carboxylic acids is 2. The lowest BCUT2D eigenvalue weighted by Gasteiger charge is -2.15. The molecular formula is C37H27FO5. The van der Waals surface area contributed by atoms with Crippen LogP contribution in [-0.4, -0.2) is 11.9 Å². The predicted octanol–water partition coefficient (Wildman–Crippen LogP) is 7.24. The molecule has 0 aliphatic heterocycles. The summed E-state index contributed by atoms with van der Waals surface area (Å²) in [6.45, 7) is 8.45. The van der Waals surface area contributed by atoms with Crippen LogP contribution < -0.4 is 9.47 Å². The normalized spacial score (nSPS) is 10.6. The van der Waals surface area contributed by atoms with E-state index in [1.807, 2.05) is 79.7 Å². The van der Waals surface area contributed by atoms with Crippen LogP contribution in [0.1, 0.15) is 46.4 Å². The van der Waals surface area contributed by atoms with Gasteiger partial charge in [0.1, 0.15) is 24.2 Å². The fourth-order valence-electron chi connectivity index (χ4n) is 3.68. The first-order chi connectivity index (χ1) is 20.8. The monoisotopic (exact) mass is 570 g/mol. The SMILES string of the molecule is C=CC(=O)OCc1ccc(OC(C)c2ccc(C#Cc3ccc(C#Cc4ccc(OC(=O)C(=C)F)cc4)cc3)cc2)cc1. The molecule has 4 aromatic rings. The average Bonchev–Trinajstić information content (AvgIpc) is 3.03. The predicted molar refractivity (Wildman–Crippen MR) is 163 cm³/mol. The summed E-state index contributed by atoms with van der Waals surface area (Å²) in [6.07, 6.45) is 0.966. The molecular weight excluding hydrogens is 543 g/mol. The number of benzene rings is 4. The summed E-state index contributed by atoms with van der Waals surface area (Å²) in [5.74, 6) is 10.6. The largest absolute Gasteiger partial charge is 0.486 e. The molecule has 0 saturated heterocycles. The van der Waals surface area contributed by atoms with Crippen LogP contribution in [0, 0.1) is 23.7 Å². The Morgan fingerprint density at radius 2 is 1.19 bits per heavy atom. The van der Waals surface area contributed by atoms with Crippen molar-refractivity contribution in [2.75, 3.05) is 0 Å². The minimum absolute atomic E-state index is 0.169. The number of hydrogen-bond donors (Lipinski definition) is 0. The van der Waals surface area contributed by atoms with E-state index in [0.717, 1.165) is 33.9 Å². The van der Waals surface area contributed by atoms with Crippen molar-refractivity contribution in [3.8, 4) is 35.2 Å². The van der Waals surface area contributed by atoms with E-state index in [9.17, 15) is 14.0 Å². The van der Waals surface area contributed by atoms with Crippen molar-refractivity contribution >= 4 is 11.9 Å². The second-order valence-electron chi connectivity index (χ2n) is 9.23. The Hall–Kier alpha value is -5.85. The molecule has 6 heteroatoms. The van der Waals surface area contributed by atoms with Gasteiger partial charge in [-0.15, -0.1) is 0 Å². The van der Waals surface area contributed by atoms with Gasteiger partial charge in [-0.1, -0.05) is 61.1 Å². The van der Waals surface area contributed by atoms with E-state index in [2.05, 4.69) is 36.8 Å². The standard InChI is InChI=1S/C37H27FO5/c1-4-36(39)41-25-32-17-23-34(24-18-32)42-27(3)33-19-13-30(14-20-33)11-9-28-5-7-29(8-6-28)10-12-31-15-21-35(22-16-31)43-37(40)26(2)38/h4-8,13-24,27H,1-2,25H2,3H3. The molecule has 0 fully saturated rings. The van der Waals surface area contributed by atoms with Crippen molar-refractivity contribution in [2.24, 2.45) is 0 Å². The van der Waals surface area contributed by atoms with E-state index >= 15 is 0 Å². The maximum Gasteiger partial charge on any atom is 0.371 e. The van der Waals surface area contributed by atoms with Crippen LogP contribution in [0.5, 0.6) is 11.5 Å². The maximum atomic E-state index is 12.8. The second kappa shape index (κ2) is 14.7. The summed E-state index contributed by atoms with van der Waals surface area (Å²) >= 11 is 0. The first-order valence-electron chi connectivity index (χ1n) is 13.2. The minimum atomic E-state index is -1.15. The zero-order chi connectivity index (χ0) is 30.6. The lowest BCUT2D eigenvalue weighted by Crippen LogP contribution is -2.07. The average molecular weight is 571 g/mol. The smallest absolute Gasteiger partial charge is 0.371 e. The fourth-order valence-corrected chi connectivity index (χ4v) is 3.68. The van der Waals surface area contributed by atoms with Crippen LogP contribution in [-0.2, 0) is 20.9 Å². The Kier molecular flexibility index (Phi) is 10.3. The van der Waals surface area contributed by atoms with Crippen LogP contribution >= 0.6 is 0 Å². The van der Waals surface area contributed by atoms with Crippen molar-refractivity contribution in [3.05, 3.63) is 156 Å².